The van der Waals surface area contributed by atoms with Gasteiger partial charge in [-0.25, -0.2) is 0 Å². The molecule has 0 aromatic heterocycles. The minimum absolute atomic E-state index is 0.0570. The molecule has 1 N–H and O–H groups in total. The first-order valence-corrected chi connectivity index (χ1v) is 6.52. The molecule has 2 fully saturated rings. The number of fused-ring (bicyclic) bond motifs is 1. The van der Waals surface area contributed by atoms with E-state index < -0.39 is 11.8 Å². The SMILES string of the molecule is CC1CC2CCC(O)(C(F)(F)F)CC2CC1C. The van der Waals surface area contributed by atoms with Gasteiger partial charge in [-0.3, -0.25) is 0 Å². The van der Waals surface area contributed by atoms with Gasteiger partial charge in [-0.2, -0.15) is 13.2 Å². The third kappa shape index (κ3) is 2.33. The number of hydrogen-bond acceptors (Lipinski definition) is 1. The second-order valence-corrected chi connectivity index (χ2v) is 6.22. The number of hydrogen-bond donors (Lipinski definition) is 1. The summed E-state index contributed by atoms with van der Waals surface area (Å²) in [5.41, 5.74) is -2.42. The minimum atomic E-state index is -4.47. The average Bonchev–Trinajstić information content (AvgIpc) is 2.19. The van der Waals surface area contributed by atoms with Gasteiger partial charge in [-0.05, 0) is 55.8 Å². The molecular weight excluding hydrogens is 229 g/mol. The van der Waals surface area contributed by atoms with Crippen LogP contribution in [0.4, 0.5) is 13.2 Å². The first-order chi connectivity index (χ1) is 7.73. The van der Waals surface area contributed by atoms with Crippen LogP contribution in [0.3, 0.4) is 0 Å². The summed E-state index contributed by atoms with van der Waals surface area (Å²) >= 11 is 0. The fourth-order valence-electron chi connectivity index (χ4n) is 3.63. The van der Waals surface area contributed by atoms with E-state index in [1.165, 1.54) is 0 Å². The van der Waals surface area contributed by atoms with E-state index in [-0.39, 0.29) is 18.8 Å². The Bertz CT molecular complexity index is 289. The summed E-state index contributed by atoms with van der Waals surface area (Å²) in [6.07, 6.45) is -2.27. The second kappa shape index (κ2) is 4.15. The fourth-order valence-corrected chi connectivity index (χ4v) is 3.63. The monoisotopic (exact) mass is 250 g/mol. The average molecular weight is 250 g/mol. The summed E-state index contributed by atoms with van der Waals surface area (Å²) in [4.78, 5) is 0. The molecule has 5 atom stereocenters. The van der Waals surface area contributed by atoms with Crippen LogP contribution in [0.1, 0.15) is 46.0 Å². The lowest BCUT2D eigenvalue weighted by Gasteiger charge is -2.47. The Morgan fingerprint density at radius 1 is 1.06 bits per heavy atom. The van der Waals surface area contributed by atoms with Crippen molar-refractivity contribution in [3.63, 3.8) is 0 Å². The van der Waals surface area contributed by atoms with Gasteiger partial charge in [0, 0.05) is 0 Å². The van der Waals surface area contributed by atoms with E-state index in [0.717, 1.165) is 12.8 Å². The Morgan fingerprint density at radius 2 is 1.59 bits per heavy atom. The molecular formula is C13H21F3O. The Labute approximate surface area is 100 Å². The second-order valence-electron chi connectivity index (χ2n) is 6.22. The molecule has 1 nitrogen and oxygen atoms in total. The van der Waals surface area contributed by atoms with Crippen molar-refractivity contribution in [1.29, 1.82) is 0 Å². The van der Waals surface area contributed by atoms with Crippen LogP contribution in [0, 0.1) is 23.7 Å². The van der Waals surface area contributed by atoms with Gasteiger partial charge in [0.25, 0.3) is 0 Å². The zero-order valence-corrected chi connectivity index (χ0v) is 10.4. The maximum Gasteiger partial charge on any atom is 0.417 e. The van der Waals surface area contributed by atoms with Gasteiger partial charge in [-0.1, -0.05) is 13.8 Å². The highest BCUT2D eigenvalue weighted by atomic mass is 19.4. The van der Waals surface area contributed by atoms with Crippen LogP contribution in [-0.4, -0.2) is 16.9 Å². The van der Waals surface area contributed by atoms with E-state index in [2.05, 4.69) is 13.8 Å². The molecule has 2 saturated carbocycles. The molecule has 0 aromatic carbocycles. The summed E-state index contributed by atoms with van der Waals surface area (Å²) in [7, 11) is 0. The Kier molecular flexibility index (Phi) is 3.22. The third-order valence-electron chi connectivity index (χ3n) is 5.04. The van der Waals surface area contributed by atoms with Gasteiger partial charge >= 0.3 is 6.18 Å². The molecule has 0 aliphatic heterocycles. The molecule has 0 heterocycles. The highest BCUT2D eigenvalue weighted by Gasteiger charge is 2.57. The molecule has 17 heavy (non-hydrogen) atoms. The molecule has 0 radical (unpaired) electrons. The van der Waals surface area contributed by atoms with Gasteiger partial charge in [0.1, 0.15) is 0 Å². The van der Waals surface area contributed by atoms with Crippen LogP contribution in [-0.2, 0) is 0 Å². The first kappa shape index (κ1) is 13.2. The Hall–Kier alpha value is -0.250. The van der Waals surface area contributed by atoms with Gasteiger partial charge in [-0.15, -0.1) is 0 Å². The van der Waals surface area contributed by atoms with Crippen LogP contribution in [0.25, 0.3) is 0 Å². The van der Waals surface area contributed by atoms with Crippen LogP contribution >= 0.6 is 0 Å². The van der Waals surface area contributed by atoms with Gasteiger partial charge in [0.15, 0.2) is 5.60 Å². The lowest BCUT2D eigenvalue weighted by atomic mass is 9.61. The molecule has 5 unspecified atom stereocenters. The van der Waals surface area contributed by atoms with Crippen molar-refractivity contribution in [1.82, 2.24) is 0 Å². The van der Waals surface area contributed by atoms with Crippen molar-refractivity contribution < 1.29 is 18.3 Å². The molecule has 0 aromatic rings. The fraction of sp³-hybridized carbons (Fsp3) is 1.00. The Balaban J connectivity index is 2.09. The van der Waals surface area contributed by atoms with E-state index in [1.54, 1.807) is 0 Å². The molecule has 2 rings (SSSR count). The molecule has 0 bridgehead atoms. The number of halogens is 3. The molecule has 0 amide bonds. The quantitative estimate of drug-likeness (QED) is 0.694. The van der Waals surface area contributed by atoms with E-state index in [1.807, 2.05) is 0 Å². The number of aliphatic hydroxyl groups is 1. The van der Waals surface area contributed by atoms with E-state index in [0.29, 0.717) is 24.2 Å². The van der Waals surface area contributed by atoms with Crippen molar-refractivity contribution in [3.05, 3.63) is 0 Å². The molecule has 2 aliphatic rings. The largest absolute Gasteiger partial charge is 0.417 e. The van der Waals surface area contributed by atoms with Gasteiger partial charge < -0.3 is 5.11 Å². The maximum absolute atomic E-state index is 12.8. The van der Waals surface area contributed by atoms with Gasteiger partial charge in [0.2, 0.25) is 0 Å². The number of rotatable bonds is 0. The third-order valence-corrected chi connectivity index (χ3v) is 5.04. The molecule has 100 valence electrons. The van der Waals surface area contributed by atoms with Crippen molar-refractivity contribution in [3.8, 4) is 0 Å². The molecule has 4 heteroatoms. The number of alkyl halides is 3. The zero-order valence-electron chi connectivity index (χ0n) is 10.4. The topological polar surface area (TPSA) is 20.2 Å². The van der Waals surface area contributed by atoms with Crippen LogP contribution in [0.15, 0.2) is 0 Å². The molecule has 2 aliphatic carbocycles. The van der Waals surface area contributed by atoms with E-state index in [4.69, 9.17) is 0 Å². The zero-order chi connectivity index (χ0) is 12.8. The summed E-state index contributed by atoms with van der Waals surface area (Å²) in [6, 6.07) is 0. The lowest BCUT2D eigenvalue weighted by Crippen LogP contribution is -2.51. The van der Waals surface area contributed by atoms with Crippen LogP contribution in [0.5, 0.6) is 0 Å². The smallest absolute Gasteiger partial charge is 0.380 e. The normalized spacial score (nSPS) is 47.6. The summed E-state index contributed by atoms with van der Waals surface area (Å²) in [5.74, 6) is 1.53. The van der Waals surface area contributed by atoms with Crippen molar-refractivity contribution >= 4 is 0 Å². The summed E-state index contributed by atoms with van der Waals surface area (Å²) < 4.78 is 38.4. The standard InChI is InChI=1S/C13H21F3O/c1-8-5-10-3-4-12(17,13(14,15)16)7-11(10)6-9(8)2/h8-11,17H,3-7H2,1-2H3. The van der Waals surface area contributed by atoms with Crippen LogP contribution < -0.4 is 0 Å². The highest BCUT2D eigenvalue weighted by molar-refractivity contribution is 4.97. The van der Waals surface area contributed by atoms with Crippen molar-refractivity contribution in [2.75, 3.05) is 0 Å². The summed E-state index contributed by atoms with van der Waals surface area (Å²) in [5, 5.41) is 9.77. The highest BCUT2D eigenvalue weighted by Crippen LogP contribution is 2.51. The van der Waals surface area contributed by atoms with Crippen molar-refractivity contribution in [2.45, 2.75) is 57.7 Å². The first-order valence-electron chi connectivity index (χ1n) is 6.52. The van der Waals surface area contributed by atoms with Gasteiger partial charge in [0.05, 0.1) is 0 Å². The maximum atomic E-state index is 12.8. The molecule has 0 saturated heterocycles. The van der Waals surface area contributed by atoms with E-state index in [9.17, 15) is 18.3 Å². The predicted molar refractivity (Wildman–Crippen MR) is 59.4 cm³/mol. The molecule has 0 spiro atoms. The van der Waals surface area contributed by atoms with Crippen molar-refractivity contribution in [2.24, 2.45) is 23.7 Å². The Morgan fingerprint density at radius 3 is 2.12 bits per heavy atom. The lowest BCUT2D eigenvalue weighted by molar-refractivity contribution is -0.279. The predicted octanol–water partition coefficient (Wildman–Crippen LogP) is 3.76. The minimum Gasteiger partial charge on any atom is -0.380 e. The summed E-state index contributed by atoms with van der Waals surface area (Å²) in [6.45, 7) is 4.30. The van der Waals surface area contributed by atoms with Crippen LogP contribution in [0.2, 0.25) is 0 Å². The van der Waals surface area contributed by atoms with E-state index >= 15 is 0 Å².